The average Bonchev–Trinajstić information content (AvgIpc) is 2.50. The van der Waals surface area contributed by atoms with Crippen molar-refractivity contribution < 1.29 is 4.74 Å². The van der Waals surface area contributed by atoms with Gasteiger partial charge in [0.05, 0.1) is 18.3 Å². The summed E-state index contributed by atoms with van der Waals surface area (Å²) in [6.07, 6.45) is 0. The number of hydrogen-bond acceptors (Lipinski definition) is 2. The van der Waals surface area contributed by atoms with E-state index in [4.69, 9.17) is 16.3 Å². The van der Waals surface area contributed by atoms with Crippen LogP contribution < -0.4 is 10.2 Å². The molecule has 4 heteroatoms. The van der Waals surface area contributed by atoms with Crippen molar-refractivity contribution in [2.45, 2.75) is 0 Å². The Morgan fingerprint density at radius 2 is 1.90 bits per heavy atom. The standard InChI is InChI=1S/C17H14ClNO2/c1-19-15(11-4-3-5-12(18)8-11)10-17(20)14-7-6-13(21-2)9-16(14)19/h3-10H,1-2H3. The predicted molar refractivity (Wildman–Crippen MR) is 86.2 cm³/mol. The van der Waals surface area contributed by atoms with E-state index in [1.54, 1.807) is 25.3 Å². The van der Waals surface area contributed by atoms with Crippen LogP contribution in [0.5, 0.6) is 5.75 Å². The molecule has 106 valence electrons. The number of ether oxygens (including phenoxy) is 1. The van der Waals surface area contributed by atoms with Gasteiger partial charge in [-0.2, -0.15) is 0 Å². The Morgan fingerprint density at radius 3 is 2.62 bits per heavy atom. The summed E-state index contributed by atoms with van der Waals surface area (Å²) in [6, 6.07) is 14.6. The molecule has 1 aromatic heterocycles. The van der Waals surface area contributed by atoms with Gasteiger partial charge in [-0.1, -0.05) is 23.7 Å². The second-order valence-electron chi connectivity index (χ2n) is 4.85. The zero-order valence-electron chi connectivity index (χ0n) is 11.8. The van der Waals surface area contributed by atoms with E-state index in [0.29, 0.717) is 10.4 Å². The van der Waals surface area contributed by atoms with E-state index < -0.39 is 0 Å². The molecule has 0 N–H and O–H groups in total. The van der Waals surface area contributed by atoms with Gasteiger partial charge in [0.15, 0.2) is 5.43 Å². The molecule has 0 bridgehead atoms. The van der Waals surface area contributed by atoms with Crippen molar-refractivity contribution in [3.8, 4) is 17.0 Å². The molecule has 2 aromatic carbocycles. The smallest absolute Gasteiger partial charge is 0.190 e. The van der Waals surface area contributed by atoms with Crippen LogP contribution in [0.4, 0.5) is 0 Å². The number of rotatable bonds is 2. The molecule has 0 fully saturated rings. The lowest BCUT2D eigenvalue weighted by Crippen LogP contribution is -2.09. The monoisotopic (exact) mass is 299 g/mol. The summed E-state index contributed by atoms with van der Waals surface area (Å²) in [7, 11) is 3.54. The van der Waals surface area contributed by atoms with Crippen molar-refractivity contribution in [3.63, 3.8) is 0 Å². The van der Waals surface area contributed by atoms with Crippen molar-refractivity contribution in [1.29, 1.82) is 0 Å². The topological polar surface area (TPSA) is 31.2 Å². The fourth-order valence-electron chi connectivity index (χ4n) is 2.48. The normalized spacial score (nSPS) is 10.8. The molecule has 0 saturated heterocycles. The number of methoxy groups -OCH3 is 1. The Balaban J connectivity index is 2.34. The van der Waals surface area contributed by atoms with Crippen molar-refractivity contribution >= 4 is 22.5 Å². The van der Waals surface area contributed by atoms with Gasteiger partial charge in [0, 0.05) is 29.6 Å². The van der Waals surface area contributed by atoms with Gasteiger partial charge in [0.25, 0.3) is 0 Å². The lowest BCUT2D eigenvalue weighted by Gasteiger charge is -2.13. The third-order valence-corrected chi connectivity index (χ3v) is 3.82. The second-order valence-corrected chi connectivity index (χ2v) is 5.28. The Bertz CT molecular complexity index is 884. The van der Waals surface area contributed by atoms with E-state index in [1.165, 1.54) is 0 Å². The van der Waals surface area contributed by atoms with Crippen molar-refractivity contribution in [2.75, 3.05) is 7.11 Å². The highest BCUT2D eigenvalue weighted by atomic mass is 35.5. The van der Waals surface area contributed by atoms with Gasteiger partial charge in [-0.25, -0.2) is 0 Å². The molecule has 3 rings (SSSR count). The lowest BCUT2D eigenvalue weighted by atomic mass is 10.1. The number of aryl methyl sites for hydroxylation is 1. The molecule has 3 aromatic rings. The Labute approximate surface area is 127 Å². The third kappa shape index (κ3) is 2.41. The van der Waals surface area contributed by atoms with E-state index in [-0.39, 0.29) is 5.43 Å². The van der Waals surface area contributed by atoms with Crippen LogP contribution in [0.3, 0.4) is 0 Å². The van der Waals surface area contributed by atoms with Crippen molar-refractivity contribution in [1.82, 2.24) is 4.57 Å². The minimum atomic E-state index is -0.0132. The van der Waals surface area contributed by atoms with Crippen LogP contribution in [0, 0.1) is 0 Å². The number of aromatic nitrogens is 1. The van der Waals surface area contributed by atoms with E-state index >= 15 is 0 Å². The van der Waals surface area contributed by atoms with E-state index in [9.17, 15) is 4.79 Å². The van der Waals surface area contributed by atoms with Gasteiger partial charge < -0.3 is 9.30 Å². The lowest BCUT2D eigenvalue weighted by molar-refractivity contribution is 0.415. The summed E-state index contributed by atoms with van der Waals surface area (Å²) in [4.78, 5) is 12.3. The molecule has 21 heavy (non-hydrogen) atoms. The van der Waals surface area contributed by atoms with Crippen LogP contribution in [0.15, 0.2) is 53.3 Å². The molecule has 0 aliphatic heterocycles. The minimum absolute atomic E-state index is 0.0132. The van der Waals surface area contributed by atoms with E-state index in [1.807, 2.05) is 41.9 Å². The van der Waals surface area contributed by atoms with Gasteiger partial charge in [0.2, 0.25) is 0 Å². The van der Waals surface area contributed by atoms with Crippen molar-refractivity contribution in [2.24, 2.45) is 7.05 Å². The first kappa shape index (κ1) is 13.7. The maximum Gasteiger partial charge on any atom is 0.190 e. The number of benzene rings is 2. The molecular formula is C17H14ClNO2. The van der Waals surface area contributed by atoms with Crippen LogP contribution in [0.2, 0.25) is 5.02 Å². The first-order valence-corrected chi connectivity index (χ1v) is 6.91. The first-order valence-electron chi connectivity index (χ1n) is 6.54. The summed E-state index contributed by atoms with van der Waals surface area (Å²) in [5.74, 6) is 0.723. The SMILES string of the molecule is COc1ccc2c(=O)cc(-c3cccc(Cl)c3)n(C)c2c1. The molecule has 0 aliphatic carbocycles. The van der Waals surface area contributed by atoms with E-state index in [0.717, 1.165) is 22.5 Å². The highest BCUT2D eigenvalue weighted by Gasteiger charge is 2.09. The summed E-state index contributed by atoms with van der Waals surface area (Å²) >= 11 is 6.05. The second kappa shape index (κ2) is 5.26. The van der Waals surface area contributed by atoms with Gasteiger partial charge in [-0.3, -0.25) is 4.79 Å². The number of nitrogens with zero attached hydrogens (tertiary/aromatic N) is 1. The number of pyridine rings is 1. The quantitative estimate of drug-likeness (QED) is 0.719. The molecular weight excluding hydrogens is 286 g/mol. The van der Waals surface area contributed by atoms with Gasteiger partial charge in [0.1, 0.15) is 5.75 Å². The van der Waals surface area contributed by atoms with E-state index in [2.05, 4.69) is 0 Å². The summed E-state index contributed by atoms with van der Waals surface area (Å²) in [5.41, 5.74) is 2.55. The molecule has 0 aliphatic rings. The minimum Gasteiger partial charge on any atom is -0.497 e. The van der Waals surface area contributed by atoms with Gasteiger partial charge in [-0.15, -0.1) is 0 Å². The Hall–Kier alpha value is -2.26. The molecule has 3 nitrogen and oxygen atoms in total. The molecule has 0 amide bonds. The van der Waals surface area contributed by atoms with Crippen LogP contribution in [0.1, 0.15) is 0 Å². The summed E-state index contributed by atoms with van der Waals surface area (Å²) in [5, 5.41) is 1.31. The zero-order valence-corrected chi connectivity index (χ0v) is 12.5. The Morgan fingerprint density at radius 1 is 1.10 bits per heavy atom. The molecule has 1 heterocycles. The third-order valence-electron chi connectivity index (χ3n) is 3.58. The molecule has 0 saturated carbocycles. The van der Waals surface area contributed by atoms with Crippen LogP contribution >= 0.6 is 11.6 Å². The van der Waals surface area contributed by atoms with Crippen LogP contribution in [0.25, 0.3) is 22.2 Å². The largest absolute Gasteiger partial charge is 0.497 e. The Kier molecular flexibility index (Phi) is 3.43. The summed E-state index contributed by atoms with van der Waals surface area (Å²) < 4.78 is 7.22. The highest BCUT2D eigenvalue weighted by molar-refractivity contribution is 6.30. The average molecular weight is 300 g/mol. The zero-order chi connectivity index (χ0) is 15.0. The maximum atomic E-state index is 12.3. The fraction of sp³-hybridized carbons (Fsp3) is 0.118. The fourth-order valence-corrected chi connectivity index (χ4v) is 2.67. The van der Waals surface area contributed by atoms with Crippen molar-refractivity contribution in [3.05, 3.63) is 63.8 Å². The van der Waals surface area contributed by atoms with Gasteiger partial charge in [-0.05, 0) is 29.8 Å². The number of halogens is 1. The molecule has 0 spiro atoms. The number of fused-ring (bicyclic) bond motifs is 1. The first-order chi connectivity index (χ1) is 10.1. The van der Waals surface area contributed by atoms with Gasteiger partial charge >= 0.3 is 0 Å². The van der Waals surface area contributed by atoms with Crippen LogP contribution in [-0.4, -0.2) is 11.7 Å². The summed E-state index contributed by atoms with van der Waals surface area (Å²) in [6.45, 7) is 0. The maximum absolute atomic E-state index is 12.3. The molecule has 0 radical (unpaired) electrons. The highest BCUT2D eigenvalue weighted by Crippen LogP contribution is 2.25. The number of hydrogen-bond donors (Lipinski definition) is 0. The van der Waals surface area contributed by atoms with Crippen LogP contribution in [-0.2, 0) is 7.05 Å². The molecule has 0 unspecified atom stereocenters. The predicted octanol–water partition coefficient (Wildman–Crippen LogP) is 3.87. The molecule has 0 atom stereocenters.